The van der Waals surface area contributed by atoms with Gasteiger partial charge < -0.3 is 5.32 Å². The van der Waals surface area contributed by atoms with Crippen LogP contribution >= 0.6 is 12.4 Å². The molecule has 2 unspecified atom stereocenters. The summed E-state index contributed by atoms with van der Waals surface area (Å²) in [6, 6.07) is 1.17. The molecule has 0 aromatic carbocycles. The average Bonchev–Trinajstić information content (AvgIpc) is 2.60. The van der Waals surface area contributed by atoms with Crippen molar-refractivity contribution in [2.75, 3.05) is 13.1 Å². The summed E-state index contributed by atoms with van der Waals surface area (Å²) in [6.45, 7) is 9.83. The van der Waals surface area contributed by atoms with E-state index in [1.54, 1.807) is 0 Å². The maximum Gasteiger partial charge on any atom is 0.0535 e. The first-order chi connectivity index (χ1) is 7.18. The lowest BCUT2D eigenvalue weighted by molar-refractivity contribution is 0.130. The zero-order valence-corrected chi connectivity index (χ0v) is 11.0. The molecule has 92 valence electrons. The van der Waals surface area contributed by atoms with E-state index in [1.807, 2.05) is 6.20 Å². The number of aryl methyl sites for hydroxylation is 1. The molecular weight excluding hydrogens is 224 g/mol. The fraction of sp³-hybridized carbons (Fsp3) is 0.727. The predicted molar refractivity (Wildman–Crippen MR) is 67.9 cm³/mol. The minimum Gasteiger partial charge on any atom is -0.311 e. The number of hydrogen-bond acceptors (Lipinski definition) is 3. The Hall–Kier alpha value is -0.580. The molecule has 16 heavy (non-hydrogen) atoms. The van der Waals surface area contributed by atoms with E-state index in [0.29, 0.717) is 12.1 Å². The van der Waals surface area contributed by atoms with Crippen LogP contribution in [0.4, 0.5) is 0 Å². The van der Waals surface area contributed by atoms with Gasteiger partial charge in [-0.1, -0.05) is 0 Å². The Bertz CT molecular complexity index is 326. The smallest absolute Gasteiger partial charge is 0.0535 e. The second-order valence-corrected chi connectivity index (χ2v) is 4.47. The summed E-state index contributed by atoms with van der Waals surface area (Å²) in [5, 5.41) is 10.5. The molecule has 5 heteroatoms. The largest absolute Gasteiger partial charge is 0.311 e. The molecule has 2 N–H and O–H groups in total. The molecule has 2 heterocycles. The van der Waals surface area contributed by atoms with E-state index in [9.17, 15) is 0 Å². The van der Waals surface area contributed by atoms with Gasteiger partial charge >= 0.3 is 0 Å². The third-order valence-corrected chi connectivity index (χ3v) is 3.47. The van der Waals surface area contributed by atoms with Crippen LogP contribution in [0.15, 0.2) is 6.20 Å². The fourth-order valence-electron chi connectivity index (χ4n) is 2.10. The molecule has 1 saturated heterocycles. The SMILES string of the molecule is Cc1[nH]ncc1CN1CCNC(C)C1C.Cl. The molecule has 1 aromatic rings. The summed E-state index contributed by atoms with van der Waals surface area (Å²) in [7, 11) is 0. The van der Waals surface area contributed by atoms with Gasteiger partial charge in [0.05, 0.1) is 6.20 Å². The fourth-order valence-corrected chi connectivity index (χ4v) is 2.10. The van der Waals surface area contributed by atoms with Gasteiger partial charge in [-0.05, 0) is 20.8 Å². The lowest BCUT2D eigenvalue weighted by atomic mass is 10.1. The Morgan fingerprint density at radius 3 is 2.88 bits per heavy atom. The van der Waals surface area contributed by atoms with E-state index in [-0.39, 0.29) is 12.4 Å². The van der Waals surface area contributed by atoms with Crippen LogP contribution in [0.1, 0.15) is 25.1 Å². The van der Waals surface area contributed by atoms with Gasteiger partial charge in [-0.15, -0.1) is 12.4 Å². The van der Waals surface area contributed by atoms with E-state index in [2.05, 4.69) is 41.2 Å². The second-order valence-electron chi connectivity index (χ2n) is 4.47. The van der Waals surface area contributed by atoms with Gasteiger partial charge in [0, 0.05) is 43.0 Å². The minimum atomic E-state index is 0. The quantitative estimate of drug-likeness (QED) is 0.825. The van der Waals surface area contributed by atoms with Crippen LogP contribution in [-0.4, -0.2) is 40.3 Å². The van der Waals surface area contributed by atoms with Crippen molar-refractivity contribution in [3.63, 3.8) is 0 Å². The van der Waals surface area contributed by atoms with Crippen molar-refractivity contribution in [1.82, 2.24) is 20.4 Å². The van der Waals surface area contributed by atoms with E-state index in [0.717, 1.165) is 19.6 Å². The maximum atomic E-state index is 4.06. The number of H-pyrrole nitrogens is 1. The van der Waals surface area contributed by atoms with Crippen LogP contribution in [-0.2, 0) is 6.54 Å². The maximum absolute atomic E-state index is 4.06. The highest BCUT2D eigenvalue weighted by atomic mass is 35.5. The lowest BCUT2D eigenvalue weighted by Crippen LogP contribution is -2.54. The number of rotatable bonds is 2. The zero-order valence-electron chi connectivity index (χ0n) is 10.2. The summed E-state index contributed by atoms with van der Waals surface area (Å²) in [6.07, 6.45) is 1.94. The minimum absolute atomic E-state index is 0. The normalized spacial score (nSPS) is 26.4. The van der Waals surface area contributed by atoms with Gasteiger partial charge in [-0.3, -0.25) is 10.00 Å². The van der Waals surface area contributed by atoms with Gasteiger partial charge in [-0.2, -0.15) is 5.10 Å². The van der Waals surface area contributed by atoms with Crippen LogP contribution in [0.2, 0.25) is 0 Å². The predicted octanol–water partition coefficient (Wildman–Crippen LogP) is 1.32. The molecule has 2 rings (SSSR count). The van der Waals surface area contributed by atoms with Crippen molar-refractivity contribution >= 4 is 12.4 Å². The number of nitrogens with zero attached hydrogens (tertiary/aromatic N) is 2. The molecule has 1 fully saturated rings. The molecule has 1 aliphatic rings. The van der Waals surface area contributed by atoms with Crippen molar-refractivity contribution < 1.29 is 0 Å². The third kappa shape index (κ3) is 2.75. The van der Waals surface area contributed by atoms with E-state index < -0.39 is 0 Å². The highest BCUT2D eigenvalue weighted by Crippen LogP contribution is 2.14. The van der Waals surface area contributed by atoms with Gasteiger partial charge in [0.15, 0.2) is 0 Å². The standard InChI is InChI=1S/C11H20N4.ClH/c1-8-10(3)15(5-4-12-8)7-11-6-13-14-9(11)2;/h6,8,10,12H,4-5,7H2,1-3H3,(H,13,14);1H. The van der Waals surface area contributed by atoms with Gasteiger partial charge in [-0.25, -0.2) is 0 Å². The highest BCUT2D eigenvalue weighted by molar-refractivity contribution is 5.85. The van der Waals surface area contributed by atoms with Crippen molar-refractivity contribution in [3.8, 4) is 0 Å². The summed E-state index contributed by atoms with van der Waals surface area (Å²) in [5.41, 5.74) is 2.50. The molecule has 4 nitrogen and oxygen atoms in total. The van der Waals surface area contributed by atoms with Crippen molar-refractivity contribution in [2.45, 2.75) is 39.4 Å². The number of hydrogen-bond donors (Lipinski definition) is 2. The number of piperazine rings is 1. The second kappa shape index (κ2) is 5.66. The molecule has 0 bridgehead atoms. The van der Waals surface area contributed by atoms with Crippen LogP contribution < -0.4 is 5.32 Å². The van der Waals surface area contributed by atoms with E-state index in [4.69, 9.17) is 0 Å². The van der Waals surface area contributed by atoms with Crippen molar-refractivity contribution in [3.05, 3.63) is 17.5 Å². The topological polar surface area (TPSA) is 44.0 Å². The Kier molecular flexibility index (Phi) is 4.77. The lowest BCUT2D eigenvalue weighted by Gasteiger charge is -2.38. The van der Waals surface area contributed by atoms with Crippen LogP contribution in [0.3, 0.4) is 0 Å². The zero-order chi connectivity index (χ0) is 10.8. The highest BCUT2D eigenvalue weighted by Gasteiger charge is 2.24. The summed E-state index contributed by atoms with van der Waals surface area (Å²) >= 11 is 0. The number of nitrogens with one attached hydrogen (secondary N) is 2. The van der Waals surface area contributed by atoms with Gasteiger partial charge in [0.25, 0.3) is 0 Å². The number of aromatic nitrogens is 2. The molecule has 1 aromatic heterocycles. The molecule has 0 saturated carbocycles. The Morgan fingerprint density at radius 2 is 2.25 bits per heavy atom. The van der Waals surface area contributed by atoms with Gasteiger partial charge in [0.1, 0.15) is 0 Å². The first-order valence-electron chi connectivity index (χ1n) is 5.64. The Morgan fingerprint density at radius 1 is 1.50 bits per heavy atom. The van der Waals surface area contributed by atoms with Crippen LogP contribution in [0.5, 0.6) is 0 Å². The monoisotopic (exact) mass is 244 g/mol. The van der Waals surface area contributed by atoms with E-state index in [1.165, 1.54) is 11.3 Å². The Balaban J connectivity index is 0.00000128. The molecule has 0 spiro atoms. The molecule has 0 radical (unpaired) electrons. The van der Waals surface area contributed by atoms with Crippen LogP contribution in [0.25, 0.3) is 0 Å². The summed E-state index contributed by atoms with van der Waals surface area (Å²) < 4.78 is 0. The first-order valence-corrected chi connectivity index (χ1v) is 5.64. The molecular formula is C11H21ClN4. The number of aromatic amines is 1. The average molecular weight is 245 g/mol. The van der Waals surface area contributed by atoms with E-state index >= 15 is 0 Å². The third-order valence-electron chi connectivity index (χ3n) is 3.47. The number of halogens is 1. The summed E-state index contributed by atoms with van der Waals surface area (Å²) in [5.74, 6) is 0. The van der Waals surface area contributed by atoms with Crippen molar-refractivity contribution in [2.24, 2.45) is 0 Å². The molecule has 0 amide bonds. The molecule has 2 atom stereocenters. The molecule has 1 aliphatic heterocycles. The Labute approximate surface area is 103 Å². The van der Waals surface area contributed by atoms with Gasteiger partial charge in [0.2, 0.25) is 0 Å². The summed E-state index contributed by atoms with van der Waals surface area (Å²) in [4.78, 5) is 2.51. The van der Waals surface area contributed by atoms with Crippen LogP contribution in [0, 0.1) is 6.92 Å². The first kappa shape index (κ1) is 13.5. The van der Waals surface area contributed by atoms with Crippen molar-refractivity contribution in [1.29, 1.82) is 0 Å². The molecule has 0 aliphatic carbocycles.